The molecule has 0 amide bonds. The van der Waals surface area contributed by atoms with E-state index in [1.807, 2.05) is 12.8 Å². The van der Waals surface area contributed by atoms with Gasteiger partial charge in [0, 0.05) is 0 Å². The average molecular weight is 75.7 g/mol. The third kappa shape index (κ3) is 0.707. The standard InChI is InChI=1S/C2H2B2N2/c1-2-5-6-4-3-1/h1-2H. The fourth-order valence-electron chi connectivity index (χ4n) is 0.253. The van der Waals surface area contributed by atoms with Crippen molar-refractivity contribution >= 4 is 13.7 Å². The van der Waals surface area contributed by atoms with E-state index in [-0.39, 0.29) is 0 Å². The summed E-state index contributed by atoms with van der Waals surface area (Å²) in [6.07, 6.45) is 1.64. The van der Waals surface area contributed by atoms with Gasteiger partial charge in [-0.25, -0.2) is 0 Å². The summed E-state index contributed by atoms with van der Waals surface area (Å²) in [5.74, 6) is 1.83. The van der Waals surface area contributed by atoms with Crippen LogP contribution in [0.4, 0.5) is 0 Å². The summed E-state index contributed by atoms with van der Waals surface area (Å²) in [5, 5.41) is 7.07. The second-order valence-corrected chi connectivity index (χ2v) is 0.914. The molecule has 1 aromatic heterocycles. The van der Waals surface area contributed by atoms with Crippen LogP contribution in [0.3, 0.4) is 0 Å². The van der Waals surface area contributed by atoms with Crippen LogP contribution < -0.4 is 0 Å². The van der Waals surface area contributed by atoms with Crippen molar-refractivity contribution in [2.24, 2.45) is 0 Å². The maximum absolute atomic E-state index is 3.53. The predicted molar refractivity (Wildman–Crippen MR) is 24.7 cm³/mol. The van der Waals surface area contributed by atoms with Gasteiger partial charge < -0.3 is 0 Å². The molecule has 0 unspecified atom stereocenters. The normalized spacial score (nSPS) is 6.67. The molecule has 0 atom stereocenters. The van der Waals surface area contributed by atoms with Gasteiger partial charge in [-0.05, 0) is 0 Å². The Morgan fingerprint density at radius 1 is 1.50 bits per heavy atom. The summed E-state index contributed by atoms with van der Waals surface area (Å²) in [6.45, 7) is 3.47. The van der Waals surface area contributed by atoms with E-state index in [2.05, 4.69) is 10.1 Å². The molecular weight excluding hydrogens is 73.7 g/mol. The molecule has 0 saturated carbocycles. The van der Waals surface area contributed by atoms with E-state index in [9.17, 15) is 0 Å². The first kappa shape index (κ1) is 3.65. The van der Waals surface area contributed by atoms with Gasteiger partial charge in [-0.3, -0.25) is 0 Å². The minimum atomic E-state index is 1.64. The van der Waals surface area contributed by atoms with E-state index < -0.39 is 0 Å². The first-order chi connectivity index (χ1) is 3.00. The Hall–Kier alpha value is -0.530. The summed E-state index contributed by atoms with van der Waals surface area (Å²) in [5.41, 5.74) is 0. The summed E-state index contributed by atoms with van der Waals surface area (Å²) in [4.78, 5) is 0. The van der Waals surface area contributed by atoms with Crippen LogP contribution in [-0.2, 0) is 0 Å². The molecule has 0 saturated heterocycles. The van der Waals surface area contributed by atoms with E-state index in [1.165, 1.54) is 0 Å². The average Bonchev–Trinajstić information content (AvgIpc) is 1.72. The number of aromatic nitrogens is 2. The molecule has 2 nitrogen and oxygen atoms in total. The van der Waals surface area contributed by atoms with Crippen molar-refractivity contribution in [1.29, 1.82) is 0 Å². The summed E-state index contributed by atoms with van der Waals surface area (Å²) < 4.78 is 0. The number of nitrogens with zero attached hydrogens (tertiary/aromatic N) is 2. The van der Waals surface area contributed by atoms with Gasteiger partial charge in [0.25, 0.3) is 0 Å². The zero-order valence-electron chi connectivity index (χ0n) is 3.20. The Labute approximate surface area is 37.0 Å². The zero-order valence-corrected chi connectivity index (χ0v) is 3.20. The van der Waals surface area contributed by atoms with E-state index in [0.29, 0.717) is 0 Å². The van der Waals surface area contributed by atoms with Crippen LogP contribution in [0.25, 0.3) is 0 Å². The second kappa shape index (κ2) is 1.80. The van der Waals surface area contributed by atoms with Gasteiger partial charge in [-0.15, -0.1) is 0 Å². The molecule has 0 N–H and O–H groups in total. The third-order valence-corrected chi connectivity index (χ3v) is 0.483. The van der Waals surface area contributed by atoms with E-state index >= 15 is 0 Å². The van der Waals surface area contributed by atoms with Gasteiger partial charge in [0.05, 0.1) is 0 Å². The second-order valence-electron chi connectivity index (χ2n) is 0.914. The van der Waals surface area contributed by atoms with Gasteiger partial charge in [-0.1, -0.05) is 0 Å². The molecule has 6 heavy (non-hydrogen) atoms. The molecule has 0 radical (unpaired) electrons. The Morgan fingerprint density at radius 3 is 2.67 bits per heavy atom. The minimum absolute atomic E-state index is 1.64. The molecule has 0 aliphatic rings. The molecule has 0 bridgehead atoms. The van der Waals surface area contributed by atoms with Crippen LogP contribution in [0.2, 0.25) is 0 Å². The SMILES string of the molecule is b1bnncc1. The molecule has 4 heteroatoms. The topological polar surface area (TPSA) is 25.8 Å². The van der Waals surface area contributed by atoms with Crippen molar-refractivity contribution in [3.63, 3.8) is 0 Å². The van der Waals surface area contributed by atoms with Crippen molar-refractivity contribution in [3.8, 4) is 0 Å². The fraction of sp³-hybridized carbons (Fsp3) is 0. The van der Waals surface area contributed by atoms with Gasteiger partial charge in [0.1, 0.15) is 0 Å². The summed E-state index contributed by atoms with van der Waals surface area (Å²) >= 11 is 0. The molecule has 1 aromatic rings. The quantitative estimate of drug-likeness (QED) is 0.402. The molecule has 0 aliphatic carbocycles. The molecule has 0 aliphatic heterocycles. The van der Waals surface area contributed by atoms with Crippen molar-refractivity contribution in [2.45, 2.75) is 0 Å². The van der Waals surface area contributed by atoms with E-state index in [4.69, 9.17) is 0 Å². The Balaban J connectivity index is 3.00. The van der Waals surface area contributed by atoms with Crippen molar-refractivity contribution in [3.05, 3.63) is 12.2 Å². The molecule has 0 fully saturated rings. The molecule has 1 heterocycles. The number of rotatable bonds is 0. The van der Waals surface area contributed by atoms with Crippen LogP contribution in [0, 0.1) is 0 Å². The third-order valence-electron chi connectivity index (χ3n) is 0.483. The van der Waals surface area contributed by atoms with E-state index in [1.54, 1.807) is 13.1 Å². The Kier molecular flexibility index (Phi) is 1.10. The Morgan fingerprint density at radius 2 is 2.50 bits per heavy atom. The molecule has 0 spiro atoms. The fourth-order valence-corrected chi connectivity index (χ4v) is 0.253. The van der Waals surface area contributed by atoms with Crippen LogP contribution in [0.1, 0.15) is 0 Å². The molecular formula is C2H2B2N2. The summed E-state index contributed by atoms with van der Waals surface area (Å²) in [7, 11) is 0. The van der Waals surface area contributed by atoms with Crippen molar-refractivity contribution < 1.29 is 0 Å². The first-order valence-corrected chi connectivity index (χ1v) is 1.72. The number of hydrogen-bond acceptors (Lipinski definition) is 2. The molecule has 26 valence electrons. The monoisotopic (exact) mass is 76.0 g/mol. The van der Waals surface area contributed by atoms with Gasteiger partial charge in [0.2, 0.25) is 0 Å². The zero-order chi connectivity index (χ0) is 4.24. The van der Waals surface area contributed by atoms with Crippen molar-refractivity contribution in [1.82, 2.24) is 10.1 Å². The molecule has 1 rings (SSSR count). The Bertz CT molecular complexity index is 81.5. The maximum atomic E-state index is 3.53. The van der Waals surface area contributed by atoms with E-state index in [0.717, 1.165) is 0 Å². The van der Waals surface area contributed by atoms with Crippen LogP contribution >= 0.6 is 0 Å². The number of hydrogen-bond donors (Lipinski definition) is 0. The predicted octanol–water partition coefficient (Wildman–Crippen LogP) is -0.847. The van der Waals surface area contributed by atoms with Gasteiger partial charge in [0.15, 0.2) is 0 Å². The van der Waals surface area contributed by atoms with Crippen LogP contribution in [-0.4, -0.2) is 23.8 Å². The molecule has 0 aromatic carbocycles. The van der Waals surface area contributed by atoms with Crippen LogP contribution in [0.15, 0.2) is 12.2 Å². The van der Waals surface area contributed by atoms with Crippen LogP contribution in [0.5, 0.6) is 0 Å². The van der Waals surface area contributed by atoms with Gasteiger partial charge in [-0.2, -0.15) is 0 Å². The summed E-state index contributed by atoms with van der Waals surface area (Å²) in [6, 6.07) is 0. The van der Waals surface area contributed by atoms with Gasteiger partial charge >= 0.3 is 36.0 Å². The first-order valence-electron chi connectivity index (χ1n) is 1.72. The van der Waals surface area contributed by atoms with Crippen molar-refractivity contribution in [2.75, 3.05) is 0 Å².